The van der Waals surface area contributed by atoms with E-state index in [4.69, 9.17) is 9.47 Å². The molecule has 1 N–H and O–H groups in total. The average Bonchev–Trinajstić information content (AvgIpc) is 3.00. The summed E-state index contributed by atoms with van der Waals surface area (Å²) in [6, 6.07) is 5.16. The van der Waals surface area contributed by atoms with E-state index in [2.05, 4.69) is 15.4 Å². The van der Waals surface area contributed by atoms with Crippen molar-refractivity contribution in [2.45, 2.75) is 19.9 Å². The number of carbonyl (C=O) groups is 1. The second-order valence-electron chi connectivity index (χ2n) is 5.23. The number of benzene rings is 1. The molecule has 2 heterocycles. The van der Waals surface area contributed by atoms with Gasteiger partial charge in [-0.1, -0.05) is 12.1 Å². The number of hydrogen-bond acceptors (Lipinski definition) is 6. The van der Waals surface area contributed by atoms with Gasteiger partial charge in [0.2, 0.25) is 5.95 Å². The van der Waals surface area contributed by atoms with E-state index in [9.17, 15) is 4.79 Å². The highest BCUT2D eigenvalue weighted by atomic mass is 16.5. The molecule has 1 aromatic heterocycles. The topological polar surface area (TPSA) is 78.3 Å². The van der Waals surface area contributed by atoms with Crippen LogP contribution < -0.4 is 14.8 Å². The first-order valence-corrected chi connectivity index (χ1v) is 7.17. The predicted octanol–water partition coefficient (Wildman–Crippen LogP) is 2.17. The van der Waals surface area contributed by atoms with Gasteiger partial charge in [-0.3, -0.25) is 4.79 Å². The lowest BCUT2D eigenvalue weighted by molar-refractivity contribution is -0.114. The molecule has 1 aliphatic heterocycles. The zero-order chi connectivity index (χ0) is 16.6. The number of anilines is 1. The second-order valence-corrected chi connectivity index (χ2v) is 5.23. The van der Waals surface area contributed by atoms with E-state index < -0.39 is 6.04 Å². The number of ether oxygens (including phenoxy) is 2. The van der Waals surface area contributed by atoms with Crippen molar-refractivity contribution < 1.29 is 14.3 Å². The van der Waals surface area contributed by atoms with E-state index in [0.29, 0.717) is 23.0 Å². The van der Waals surface area contributed by atoms with Gasteiger partial charge < -0.3 is 14.8 Å². The third kappa shape index (κ3) is 2.34. The van der Waals surface area contributed by atoms with Crippen LogP contribution in [0.25, 0.3) is 0 Å². The summed E-state index contributed by atoms with van der Waals surface area (Å²) in [4.78, 5) is 16.4. The molecule has 1 atom stereocenters. The fourth-order valence-corrected chi connectivity index (χ4v) is 2.96. The standard InChI is InChI=1S/C16H18N4O3/c1-9-13(10(2)21)14(20-16(19-9)17-8-18-20)11-6-5-7-12(22-3)15(11)23-4/h5-8,14H,1-4H3,(H,17,18,19)/t14-/m0/s1. The van der Waals surface area contributed by atoms with Gasteiger partial charge in [0.05, 0.1) is 14.2 Å². The molecule has 0 unspecified atom stereocenters. The molecule has 23 heavy (non-hydrogen) atoms. The Balaban J connectivity index is 2.27. The van der Waals surface area contributed by atoms with Crippen LogP contribution in [-0.4, -0.2) is 34.8 Å². The Kier molecular flexibility index (Phi) is 3.77. The lowest BCUT2D eigenvalue weighted by Crippen LogP contribution is -2.28. The summed E-state index contributed by atoms with van der Waals surface area (Å²) in [5.74, 6) is 1.73. The number of nitrogens with one attached hydrogen (secondary N) is 1. The van der Waals surface area contributed by atoms with Crippen LogP contribution in [0.4, 0.5) is 5.95 Å². The number of rotatable bonds is 4. The molecular formula is C16H18N4O3. The number of aromatic nitrogens is 3. The summed E-state index contributed by atoms with van der Waals surface area (Å²) in [5, 5.41) is 7.39. The fourth-order valence-electron chi connectivity index (χ4n) is 2.96. The van der Waals surface area contributed by atoms with Gasteiger partial charge in [0.15, 0.2) is 17.3 Å². The van der Waals surface area contributed by atoms with Gasteiger partial charge in [-0.05, 0) is 19.9 Å². The Labute approximate surface area is 133 Å². The predicted molar refractivity (Wildman–Crippen MR) is 84.7 cm³/mol. The van der Waals surface area contributed by atoms with Crippen molar-refractivity contribution in [2.75, 3.05) is 19.5 Å². The average molecular weight is 314 g/mol. The maximum absolute atomic E-state index is 12.2. The van der Waals surface area contributed by atoms with Crippen molar-refractivity contribution in [1.29, 1.82) is 0 Å². The molecule has 0 saturated heterocycles. The third-order valence-electron chi connectivity index (χ3n) is 3.90. The summed E-state index contributed by atoms with van der Waals surface area (Å²) in [7, 11) is 3.16. The Morgan fingerprint density at radius 3 is 2.74 bits per heavy atom. The molecule has 0 spiro atoms. The molecule has 0 radical (unpaired) electrons. The smallest absolute Gasteiger partial charge is 0.226 e. The maximum atomic E-state index is 12.2. The zero-order valence-corrected chi connectivity index (χ0v) is 13.5. The lowest BCUT2D eigenvalue weighted by Gasteiger charge is -2.29. The number of nitrogens with zero attached hydrogens (tertiary/aromatic N) is 3. The van der Waals surface area contributed by atoms with Crippen molar-refractivity contribution >= 4 is 11.7 Å². The number of carbonyl (C=O) groups excluding carboxylic acids is 1. The number of ketones is 1. The van der Waals surface area contributed by atoms with Crippen LogP contribution in [0, 0.1) is 0 Å². The Hall–Kier alpha value is -2.83. The molecule has 0 aliphatic carbocycles. The van der Waals surface area contributed by atoms with E-state index in [-0.39, 0.29) is 5.78 Å². The van der Waals surface area contributed by atoms with E-state index in [1.54, 1.807) is 25.8 Å². The van der Waals surface area contributed by atoms with Gasteiger partial charge in [-0.15, -0.1) is 0 Å². The first-order chi connectivity index (χ1) is 11.1. The summed E-state index contributed by atoms with van der Waals surface area (Å²) >= 11 is 0. The number of methoxy groups -OCH3 is 2. The van der Waals surface area contributed by atoms with Gasteiger partial charge in [0, 0.05) is 16.8 Å². The molecule has 3 rings (SSSR count). The monoisotopic (exact) mass is 314 g/mol. The second kappa shape index (κ2) is 5.75. The van der Waals surface area contributed by atoms with E-state index in [1.165, 1.54) is 6.33 Å². The molecule has 120 valence electrons. The van der Waals surface area contributed by atoms with E-state index >= 15 is 0 Å². The normalized spacial score (nSPS) is 16.6. The van der Waals surface area contributed by atoms with Gasteiger partial charge in [-0.2, -0.15) is 10.1 Å². The van der Waals surface area contributed by atoms with Crippen LogP contribution in [-0.2, 0) is 4.79 Å². The summed E-state index contributed by atoms with van der Waals surface area (Å²) < 4.78 is 12.6. The first-order valence-electron chi connectivity index (χ1n) is 7.17. The van der Waals surface area contributed by atoms with Crippen molar-refractivity contribution in [3.8, 4) is 11.5 Å². The molecule has 7 heteroatoms. The molecule has 7 nitrogen and oxygen atoms in total. The number of Topliss-reactive ketones (excluding diaryl/α,β-unsaturated/α-hetero) is 1. The number of para-hydroxylation sites is 1. The van der Waals surface area contributed by atoms with Gasteiger partial charge in [0.1, 0.15) is 12.4 Å². The highest BCUT2D eigenvalue weighted by Gasteiger charge is 2.34. The Morgan fingerprint density at radius 1 is 1.30 bits per heavy atom. The summed E-state index contributed by atoms with van der Waals surface area (Å²) in [6.45, 7) is 3.40. The SMILES string of the molecule is COc1cccc([C@H]2C(C(C)=O)=C(C)Nc3ncnn32)c1OC. The lowest BCUT2D eigenvalue weighted by atomic mass is 9.92. The first kappa shape index (κ1) is 15.1. The quantitative estimate of drug-likeness (QED) is 0.932. The fraction of sp³-hybridized carbons (Fsp3) is 0.312. The minimum atomic E-state index is -0.420. The van der Waals surface area contributed by atoms with E-state index in [1.807, 2.05) is 25.1 Å². The zero-order valence-electron chi connectivity index (χ0n) is 13.5. The van der Waals surface area contributed by atoms with Crippen LogP contribution >= 0.6 is 0 Å². The van der Waals surface area contributed by atoms with Crippen LogP contribution in [0.15, 0.2) is 35.8 Å². The largest absolute Gasteiger partial charge is 0.493 e. The van der Waals surface area contributed by atoms with Crippen molar-refractivity contribution in [3.63, 3.8) is 0 Å². The molecule has 0 fully saturated rings. The van der Waals surface area contributed by atoms with Crippen LogP contribution in [0.2, 0.25) is 0 Å². The molecule has 0 amide bonds. The van der Waals surface area contributed by atoms with Gasteiger partial charge >= 0.3 is 0 Å². The van der Waals surface area contributed by atoms with E-state index in [0.717, 1.165) is 11.3 Å². The Morgan fingerprint density at radius 2 is 2.09 bits per heavy atom. The van der Waals surface area contributed by atoms with Crippen LogP contribution in [0.5, 0.6) is 11.5 Å². The molecule has 1 aliphatic rings. The molecule has 2 aromatic rings. The van der Waals surface area contributed by atoms with Gasteiger partial charge in [-0.25, -0.2) is 4.68 Å². The molecule has 0 bridgehead atoms. The van der Waals surface area contributed by atoms with Crippen LogP contribution in [0.3, 0.4) is 0 Å². The third-order valence-corrected chi connectivity index (χ3v) is 3.90. The maximum Gasteiger partial charge on any atom is 0.226 e. The van der Waals surface area contributed by atoms with Gasteiger partial charge in [0.25, 0.3) is 0 Å². The van der Waals surface area contributed by atoms with Crippen LogP contribution in [0.1, 0.15) is 25.5 Å². The Bertz CT molecular complexity index is 794. The van der Waals surface area contributed by atoms with Crippen molar-refractivity contribution in [1.82, 2.24) is 14.8 Å². The molecular weight excluding hydrogens is 296 g/mol. The number of allylic oxidation sites excluding steroid dienone is 2. The molecule has 1 aromatic carbocycles. The molecule has 0 saturated carbocycles. The van der Waals surface area contributed by atoms with Crippen molar-refractivity contribution in [2.24, 2.45) is 0 Å². The summed E-state index contributed by atoms with van der Waals surface area (Å²) in [6.07, 6.45) is 1.46. The minimum absolute atomic E-state index is 0.0361. The highest BCUT2D eigenvalue weighted by molar-refractivity contribution is 5.96. The highest BCUT2D eigenvalue weighted by Crippen LogP contribution is 2.42. The van der Waals surface area contributed by atoms with Crippen molar-refractivity contribution in [3.05, 3.63) is 41.4 Å². The number of fused-ring (bicyclic) bond motifs is 1. The number of hydrogen-bond donors (Lipinski definition) is 1. The minimum Gasteiger partial charge on any atom is -0.493 e. The summed E-state index contributed by atoms with van der Waals surface area (Å²) in [5.41, 5.74) is 2.17.